The van der Waals surface area contributed by atoms with Crippen molar-refractivity contribution in [3.63, 3.8) is 0 Å². The van der Waals surface area contributed by atoms with Gasteiger partial charge in [-0.25, -0.2) is 4.57 Å². The summed E-state index contributed by atoms with van der Waals surface area (Å²) in [7, 11) is -3.26. The Morgan fingerprint density at radius 3 is 2.21 bits per heavy atom. The van der Waals surface area contributed by atoms with Crippen LogP contribution in [0.4, 0.5) is 0 Å². The normalized spacial score (nSPS) is 33.1. The minimum absolute atomic E-state index is 0.00272. The highest BCUT2D eigenvalue weighted by molar-refractivity contribution is 7.52. The first kappa shape index (κ1) is 22.3. The van der Waals surface area contributed by atoms with E-state index in [1.165, 1.54) is 14.2 Å². The SMILES string of the molecule is B[C@@H]1C[C@H](CCP(=O)(O)OC)[C@@H](OC)[C@H]1OP(=O)(O)OC(C)(C)C. The molecule has 0 bridgehead atoms. The molecule has 0 saturated heterocycles. The van der Waals surface area contributed by atoms with Gasteiger partial charge in [-0.05, 0) is 45.3 Å². The minimum atomic E-state index is -4.24. The van der Waals surface area contributed by atoms with Gasteiger partial charge in [0.15, 0.2) is 0 Å². The van der Waals surface area contributed by atoms with Crippen LogP contribution >= 0.6 is 15.4 Å². The van der Waals surface area contributed by atoms with E-state index in [0.29, 0.717) is 12.8 Å². The summed E-state index contributed by atoms with van der Waals surface area (Å²) in [6, 6.07) is 0. The van der Waals surface area contributed by atoms with Crippen molar-refractivity contribution in [3.8, 4) is 0 Å². The van der Waals surface area contributed by atoms with Crippen LogP contribution in [0.1, 0.15) is 33.6 Å². The summed E-state index contributed by atoms with van der Waals surface area (Å²) >= 11 is 0. The van der Waals surface area contributed by atoms with Gasteiger partial charge in [0, 0.05) is 14.2 Å². The van der Waals surface area contributed by atoms with E-state index in [9.17, 15) is 18.9 Å². The molecular formula is C13H29BO8P2. The molecule has 24 heavy (non-hydrogen) atoms. The van der Waals surface area contributed by atoms with Crippen molar-refractivity contribution in [1.29, 1.82) is 0 Å². The average Bonchev–Trinajstić information content (AvgIpc) is 2.69. The number of ether oxygens (including phenoxy) is 1. The van der Waals surface area contributed by atoms with Crippen molar-refractivity contribution in [2.45, 2.75) is 57.2 Å². The fourth-order valence-corrected chi connectivity index (χ4v) is 5.26. The zero-order chi connectivity index (χ0) is 18.8. The number of hydrogen-bond donors (Lipinski definition) is 2. The molecule has 2 N–H and O–H groups in total. The highest BCUT2D eigenvalue weighted by Gasteiger charge is 2.46. The molecule has 11 heteroatoms. The molecule has 0 heterocycles. The Kier molecular flexibility index (Phi) is 7.74. The number of methoxy groups -OCH3 is 1. The van der Waals surface area contributed by atoms with Crippen molar-refractivity contribution in [2.24, 2.45) is 5.92 Å². The molecule has 2 unspecified atom stereocenters. The molecule has 0 aromatic heterocycles. The average molecular weight is 386 g/mol. The smallest absolute Gasteiger partial charge is 0.378 e. The van der Waals surface area contributed by atoms with Crippen molar-refractivity contribution < 1.29 is 37.2 Å². The molecule has 1 rings (SSSR count). The third-order valence-corrected chi connectivity index (χ3v) is 6.69. The van der Waals surface area contributed by atoms with Gasteiger partial charge in [-0.15, -0.1) is 0 Å². The van der Waals surface area contributed by atoms with Crippen LogP contribution < -0.4 is 0 Å². The number of phosphoric ester groups is 1. The lowest BCUT2D eigenvalue weighted by atomic mass is 9.83. The van der Waals surface area contributed by atoms with E-state index < -0.39 is 33.2 Å². The molecule has 0 aliphatic heterocycles. The summed E-state index contributed by atoms with van der Waals surface area (Å²) in [5.74, 6) is -0.120. The Hall–Kier alpha value is 0.285. The van der Waals surface area contributed by atoms with Crippen molar-refractivity contribution in [1.82, 2.24) is 0 Å². The van der Waals surface area contributed by atoms with Crippen LogP contribution in [0.15, 0.2) is 0 Å². The molecule has 0 aromatic rings. The van der Waals surface area contributed by atoms with Gasteiger partial charge in [-0.2, -0.15) is 0 Å². The molecule has 142 valence electrons. The Balaban J connectivity index is 2.78. The van der Waals surface area contributed by atoms with E-state index in [1.807, 2.05) is 7.85 Å². The van der Waals surface area contributed by atoms with Gasteiger partial charge in [0.1, 0.15) is 7.85 Å². The lowest BCUT2D eigenvalue weighted by Crippen LogP contribution is -2.32. The molecule has 8 nitrogen and oxygen atoms in total. The van der Waals surface area contributed by atoms with Gasteiger partial charge >= 0.3 is 15.4 Å². The maximum Gasteiger partial charge on any atom is 0.473 e. The Labute approximate surface area is 144 Å². The van der Waals surface area contributed by atoms with Crippen molar-refractivity contribution in [3.05, 3.63) is 0 Å². The first-order valence-electron chi connectivity index (χ1n) is 7.92. The highest BCUT2D eigenvalue weighted by Crippen LogP contribution is 2.54. The van der Waals surface area contributed by atoms with Crippen molar-refractivity contribution >= 4 is 23.3 Å². The fraction of sp³-hybridized carbons (Fsp3) is 1.00. The van der Waals surface area contributed by atoms with Crippen LogP contribution in [-0.4, -0.2) is 55.8 Å². The van der Waals surface area contributed by atoms with Crippen LogP contribution in [0.25, 0.3) is 0 Å². The third-order valence-electron chi connectivity index (χ3n) is 4.01. The lowest BCUT2D eigenvalue weighted by molar-refractivity contribution is -0.0280. The van der Waals surface area contributed by atoms with E-state index in [0.717, 1.165) is 0 Å². The third kappa shape index (κ3) is 6.89. The largest absolute Gasteiger partial charge is 0.473 e. The number of phosphoric acid groups is 1. The van der Waals surface area contributed by atoms with E-state index in [4.69, 9.17) is 13.8 Å². The Bertz CT molecular complexity index is 509. The zero-order valence-corrected chi connectivity index (χ0v) is 17.0. The molecular weight excluding hydrogens is 357 g/mol. The molecule has 1 saturated carbocycles. The molecule has 1 fully saturated rings. The summed E-state index contributed by atoms with van der Waals surface area (Å²) in [6.07, 6.45) is -0.0228. The summed E-state index contributed by atoms with van der Waals surface area (Å²) in [5.41, 5.74) is -0.823. The van der Waals surface area contributed by atoms with E-state index in [1.54, 1.807) is 20.8 Å². The summed E-state index contributed by atoms with van der Waals surface area (Å²) in [5, 5.41) is 0. The predicted molar refractivity (Wildman–Crippen MR) is 93.1 cm³/mol. The van der Waals surface area contributed by atoms with Crippen LogP contribution in [0.3, 0.4) is 0 Å². The van der Waals surface area contributed by atoms with Crippen LogP contribution in [0, 0.1) is 5.92 Å². The zero-order valence-electron chi connectivity index (χ0n) is 15.2. The van der Waals surface area contributed by atoms with Gasteiger partial charge in [-0.1, -0.05) is 0 Å². The molecule has 1 aliphatic rings. The van der Waals surface area contributed by atoms with Crippen molar-refractivity contribution in [2.75, 3.05) is 20.4 Å². The summed E-state index contributed by atoms with van der Waals surface area (Å²) < 4.78 is 44.4. The van der Waals surface area contributed by atoms with Crippen LogP contribution in [0.5, 0.6) is 0 Å². The summed E-state index contributed by atoms with van der Waals surface area (Å²) in [4.78, 5) is 19.5. The molecule has 6 atom stereocenters. The second-order valence-electron chi connectivity index (χ2n) is 7.25. The summed E-state index contributed by atoms with van der Waals surface area (Å²) in [6.45, 7) is 4.99. The Morgan fingerprint density at radius 2 is 1.75 bits per heavy atom. The van der Waals surface area contributed by atoms with E-state index in [-0.39, 0.29) is 17.9 Å². The number of rotatable bonds is 8. The number of hydrogen-bond acceptors (Lipinski definition) is 6. The topological polar surface area (TPSA) is 112 Å². The maximum absolute atomic E-state index is 12.2. The predicted octanol–water partition coefficient (Wildman–Crippen LogP) is 1.97. The molecule has 0 amide bonds. The monoisotopic (exact) mass is 386 g/mol. The second-order valence-corrected chi connectivity index (χ2v) is 10.7. The fourth-order valence-electron chi connectivity index (χ4n) is 3.05. The standard InChI is InChI=1S/C13H29BO8P2/c1-13(2,3)22-24(17,18)21-12-10(14)8-9(11(12)19-4)6-7-23(15,16)20-5/h9-12H,6-8,14H2,1-5H3,(H,15,16)(H,17,18)/t9-,10+,11+,12-/m0/s1. The second kappa shape index (κ2) is 8.32. The minimum Gasteiger partial charge on any atom is -0.378 e. The lowest BCUT2D eigenvalue weighted by Gasteiger charge is -2.29. The van der Waals surface area contributed by atoms with Crippen LogP contribution in [0.2, 0.25) is 5.82 Å². The van der Waals surface area contributed by atoms with Gasteiger partial charge in [0.2, 0.25) is 0 Å². The maximum atomic E-state index is 12.2. The van der Waals surface area contributed by atoms with Crippen LogP contribution in [-0.2, 0) is 27.4 Å². The van der Waals surface area contributed by atoms with Gasteiger partial charge in [0.05, 0.1) is 24.0 Å². The molecule has 0 aromatic carbocycles. The van der Waals surface area contributed by atoms with Gasteiger partial charge in [-0.3, -0.25) is 13.6 Å². The molecule has 1 aliphatic carbocycles. The van der Waals surface area contributed by atoms with E-state index in [2.05, 4.69) is 4.52 Å². The molecule has 0 radical (unpaired) electrons. The Morgan fingerprint density at radius 1 is 1.17 bits per heavy atom. The first-order valence-corrected chi connectivity index (χ1v) is 11.2. The first-order chi connectivity index (χ1) is 10.8. The van der Waals surface area contributed by atoms with Gasteiger partial charge < -0.3 is 19.0 Å². The van der Waals surface area contributed by atoms with Gasteiger partial charge in [0.25, 0.3) is 0 Å². The quantitative estimate of drug-likeness (QED) is 0.481. The molecule has 0 spiro atoms. The highest BCUT2D eigenvalue weighted by atomic mass is 31.2. The van der Waals surface area contributed by atoms with E-state index >= 15 is 0 Å².